The first kappa shape index (κ1) is 21.8. The quantitative estimate of drug-likeness (QED) is 0.511. The van der Waals surface area contributed by atoms with Gasteiger partial charge in [0.2, 0.25) is 0 Å². The number of aromatic nitrogens is 4. The Morgan fingerprint density at radius 3 is 2.56 bits per heavy atom. The minimum atomic E-state index is -1.09. The van der Waals surface area contributed by atoms with E-state index in [2.05, 4.69) is 27.2 Å². The zero-order chi connectivity index (χ0) is 22.7. The molecule has 6 nitrogen and oxygen atoms in total. The number of hydrogen-bond donors (Lipinski definition) is 0. The number of nitrogens with zero attached hydrogens (tertiary/aromatic N) is 5. The molecule has 0 saturated heterocycles. The van der Waals surface area contributed by atoms with Crippen molar-refractivity contribution in [2.24, 2.45) is 0 Å². The second-order valence-electron chi connectivity index (χ2n) is 7.78. The van der Waals surface area contributed by atoms with Crippen molar-refractivity contribution in [2.75, 3.05) is 18.0 Å². The number of Topliss-reactive ketones (excluding diaryl/α,β-unsaturated/α-hetero) is 1. The molecule has 0 fully saturated rings. The maximum atomic E-state index is 13.9. The highest BCUT2D eigenvalue weighted by molar-refractivity contribution is 5.97. The molecule has 0 aliphatic carbocycles. The summed E-state index contributed by atoms with van der Waals surface area (Å²) in [5.41, 5.74) is 4.21. The van der Waals surface area contributed by atoms with E-state index in [1.54, 1.807) is 4.80 Å². The van der Waals surface area contributed by atoms with E-state index in [-0.39, 0.29) is 12.0 Å². The summed E-state index contributed by atoms with van der Waals surface area (Å²) in [5.74, 6) is -1.93. The topological polar surface area (TPSA) is 63.9 Å². The molecule has 4 rings (SSSR count). The first-order valence-electron chi connectivity index (χ1n) is 10.8. The number of benzene rings is 2. The van der Waals surface area contributed by atoms with Crippen molar-refractivity contribution < 1.29 is 13.6 Å². The van der Waals surface area contributed by atoms with Gasteiger partial charge in [-0.2, -0.15) is 4.80 Å². The van der Waals surface area contributed by atoms with E-state index >= 15 is 0 Å². The van der Waals surface area contributed by atoms with Gasteiger partial charge >= 0.3 is 0 Å². The third-order valence-corrected chi connectivity index (χ3v) is 5.81. The Bertz CT molecular complexity index is 1150. The van der Waals surface area contributed by atoms with Crippen LogP contribution in [0.2, 0.25) is 0 Å². The maximum absolute atomic E-state index is 13.9. The fourth-order valence-corrected chi connectivity index (χ4v) is 3.98. The van der Waals surface area contributed by atoms with E-state index in [4.69, 9.17) is 0 Å². The molecule has 1 aliphatic heterocycles. The number of anilines is 1. The van der Waals surface area contributed by atoms with Crippen LogP contribution in [0.4, 0.5) is 14.7 Å². The number of ketones is 1. The molecule has 2 aromatic carbocycles. The molecule has 8 heteroatoms. The standard InChI is InChI=1S/C24H25F2N5O/c1-3-17-12-13-30(24-27-29-31(4-2)28-24)15-20(17)18-10-8-16(9-11-18)14-22(32)19-6-5-7-21(25)23(19)26/h5-11H,3-4,12-15H2,1-2H3. The Morgan fingerprint density at radius 2 is 1.88 bits per heavy atom. The number of rotatable bonds is 7. The molecule has 0 bridgehead atoms. The van der Waals surface area contributed by atoms with Crippen molar-refractivity contribution in [2.45, 2.75) is 39.7 Å². The SMILES string of the molecule is CCC1=C(c2ccc(CC(=O)c3cccc(F)c3F)cc2)CN(c2nnn(CC)n2)CC1. The van der Waals surface area contributed by atoms with Gasteiger partial charge in [0.25, 0.3) is 5.95 Å². The van der Waals surface area contributed by atoms with Gasteiger partial charge in [-0.05, 0) is 53.8 Å². The minimum Gasteiger partial charge on any atom is -0.334 e. The number of hydrogen-bond acceptors (Lipinski definition) is 5. The van der Waals surface area contributed by atoms with Gasteiger partial charge in [-0.3, -0.25) is 4.79 Å². The second-order valence-corrected chi connectivity index (χ2v) is 7.78. The van der Waals surface area contributed by atoms with Crippen LogP contribution in [0.1, 0.15) is 48.2 Å². The lowest BCUT2D eigenvalue weighted by Crippen LogP contribution is -2.32. The van der Waals surface area contributed by atoms with Gasteiger partial charge in [-0.25, -0.2) is 8.78 Å². The molecule has 0 N–H and O–H groups in total. The average Bonchev–Trinajstić information content (AvgIpc) is 3.30. The number of aryl methyl sites for hydroxylation is 1. The largest absolute Gasteiger partial charge is 0.334 e. The highest BCUT2D eigenvalue weighted by Crippen LogP contribution is 2.30. The third kappa shape index (κ3) is 4.44. The molecule has 0 spiro atoms. The molecule has 3 aromatic rings. The maximum Gasteiger partial charge on any atom is 0.266 e. The van der Waals surface area contributed by atoms with E-state index in [0.29, 0.717) is 19.0 Å². The summed E-state index contributed by atoms with van der Waals surface area (Å²) in [7, 11) is 0. The van der Waals surface area contributed by atoms with Crippen molar-refractivity contribution in [3.05, 3.63) is 76.4 Å². The zero-order valence-electron chi connectivity index (χ0n) is 18.2. The third-order valence-electron chi connectivity index (χ3n) is 5.81. The lowest BCUT2D eigenvalue weighted by Gasteiger charge is -2.30. The molecular formula is C24H25F2N5O. The number of halogens is 2. The van der Waals surface area contributed by atoms with Crippen molar-refractivity contribution in [1.29, 1.82) is 0 Å². The fourth-order valence-electron chi connectivity index (χ4n) is 3.98. The van der Waals surface area contributed by atoms with Crippen LogP contribution < -0.4 is 4.90 Å². The van der Waals surface area contributed by atoms with Gasteiger partial charge in [0.1, 0.15) is 0 Å². The summed E-state index contributed by atoms with van der Waals surface area (Å²) in [5, 5.41) is 12.7. The predicted molar refractivity (Wildman–Crippen MR) is 118 cm³/mol. The Morgan fingerprint density at radius 1 is 1.09 bits per heavy atom. The van der Waals surface area contributed by atoms with Gasteiger partial charge < -0.3 is 4.90 Å². The molecule has 0 amide bonds. The van der Waals surface area contributed by atoms with E-state index in [0.717, 1.165) is 36.6 Å². The van der Waals surface area contributed by atoms with Crippen LogP contribution >= 0.6 is 0 Å². The predicted octanol–water partition coefficient (Wildman–Crippen LogP) is 4.47. The highest BCUT2D eigenvalue weighted by Gasteiger charge is 2.23. The molecule has 166 valence electrons. The Hall–Kier alpha value is -3.42. The van der Waals surface area contributed by atoms with Gasteiger partial charge in [0.15, 0.2) is 17.4 Å². The molecule has 2 heterocycles. The lowest BCUT2D eigenvalue weighted by atomic mass is 9.91. The number of tetrazole rings is 1. The van der Waals surface area contributed by atoms with E-state index < -0.39 is 17.4 Å². The van der Waals surface area contributed by atoms with Crippen molar-refractivity contribution in [3.8, 4) is 0 Å². The first-order valence-corrected chi connectivity index (χ1v) is 10.8. The molecule has 32 heavy (non-hydrogen) atoms. The van der Waals surface area contributed by atoms with Crippen LogP contribution in [0.3, 0.4) is 0 Å². The second kappa shape index (κ2) is 9.38. The van der Waals surface area contributed by atoms with Crippen LogP contribution in [-0.2, 0) is 13.0 Å². The summed E-state index contributed by atoms with van der Waals surface area (Å²) in [6.45, 7) is 6.32. The molecule has 0 unspecified atom stereocenters. The minimum absolute atomic E-state index is 0.0104. The van der Waals surface area contributed by atoms with Crippen LogP contribution in [0, 0.1) is 11.6 Å². The van der Waals surface area contributed by atoms with Crippen LogP contribution in [0.25, 0.3) is 5.57 Å². The molecule has 0 atom stereocenters. The summed E-state index contributed by atoms with van der Waals surface area (Å²) in [6.07, 6.45) is 1.89. The molecule has 1 aliphatic rings. The van der Waals surface area contributed by atoms with Gasteiger partial charge in [-0.1, -0.05) is 47.9 Å². The highest BCUT2D eigenvalue weighted by atomic mass is 19.2. The van der Waals surface area contributed by atoms with Gasteiger partial charge in [0, 0.05) is 19.5 Å². The summed E-state index contributed by atoms with van der Waals surface area (Å²) in [6, 6.07) is 11.4. The summed E-state index contributed by atoms with van der Waals surface area (Å²) in [4.78, 5) is 16.1. The van der Waals surface area contributed by atoms with Gasteiger partial charge in [0.05, 0.1) is 12.1 Å². The first-order chi connectivity index (χ1) is 15.5. The smallest absolute Gasteiger partial charge is 0.266 e. The number of carbonyl (C=O) groups is 1. The number of carbonyl (C=O) groups excluding carboxylic acids is 1. The Kier molecular flexibility index (Phi) is 6.39. The fraction of sp³-hybridized carbons (Fsp3) is 0.333. The molecular weight excluding hydrogens is 412 g/mol. The van der Waals surface area contributed by atoms with E-state index in [9.17, 15) is 13.6 Å². The Balaban J connectivity index is 1.52. The molecule has 0 saturated carbocycles. The van der Waals surface area contributed by atoms with Gasteiger partial charge in [-0.15, -0.1) is 5.10 Å². The zero-order valence-corrected chi connectivity index (χ0v) is 18.2. The van der Waals surface area contributed by atoms with Crippen molar-refractivity contribution in [1.82, 2.24) is 20.2 Å². The average molecular weight is 437 g/mol. The Labute approximate surface area is 185 Å². The van der Waals surface area contributed by atoms with E-state index in [1.165, 1.54) is 23.3 Å². The monoisotopic (exact) mass is 437 g/mol. The summed E-state index contributed by atoms with van der Waals surface area (Å²) < 4.78 is 27.4. The molecule has 0 radical (unpaired) electrons. The summed E-state index contributed by atoms with van der Waals surface area (Å²) >= 11 is 0. The van der Waals surface area contributed by atoms with Crippen molar-refractivity contribution >= 4 is 17.3 Å². The van der Waals surface area contributed by atoms with Crippen LogP contribution in [-0.4, -0.2) is 39.1 Å². The molecule has 1 aromatic heterocycles. The van der Waals surface area contributed by atoms with Crippen molar-refractivity contribution in [3.63, 3.8) is 0 Å². The van der Waals surface area contributed by atoms with Crippen LogP contribution in [0.5, 0.6) is 0 Å². The van der Waals surface area contributed by atoms with E-state index in [1.807, 2.05) is 31.2 Å². The van der Waals surface area contributed by atoms with Crippen LogP contribution in [0.15, 0.2) is 48.0 Å². The lowest BCUT2D eigenvalue weighted by molar-refractivity contribution is 0.0988. The normalized spacial score (nSPS) is 14.2.